The van der Waals surface area contributed by atoms with Gasteiger partial charge in [0.25, 0.3) is 0 Å². The average Bonchev–Trinajstić information content (AvgIpc) is 2.46. The van der Waals surface area contributed by atoms with Gasteiger partial charge in [-0.25, -0.2) is 9.97 Å². The first-order chi connectivity index (χ1) is 10.0. The summed E-state index contributed by atoms with van der Waals surface area (Å²) in [6.07, 6.45) is 2.47. The first kappa shape index (κ1) is 14.8. The van der Waals surface area contributed by atoms with Crippen LogP contribution >= 0.6 is 0 Å². The molecule has 0 unspecified atom stereocenters. The van der Waals surface area contributed by atoms with Crippen LogP contribution in [0.3, 0.4) is 0 Å². The molecular formula is C13H12F2N6. The van der Waals surface area contributed by atoms with E-state index in [2.05, 4.69) is 20.0 Å². The van der Waals surface area contributed by atoms with E-state index in [4.69, 9.17) is 11.3 Å². The molecule has 2 aromatic rings. The van der Waals surface area contributed by atoms with Crippen molar-refractivity contribution in [1.82, 2.24) is 9.97 Å². The average molecular weight is 290 g/mol. The first-order valence-electron chi connectivity index (χ1n) is 6.06. The number of hydrogen-bond acceptors (Lipinski definition) is 4. The zero-order valence-electron chi connectivity index (χ0n) is 11.1. The van der Waals surface area contributed by atoms with Gasteiger partial charge in [0.2, 0.25) is 11.9 Å². The van der Waals surface area contributed by atoms with Crippen LogP contribution in [0.5, 0.6) is 0 Å². The standard InChI is InChI=1S/C13H12F2N6/c1-8(16)13(20-21-17,9-2-4-11(14)18-6-9)10-3-5-12(15)19-7-10/h2-8H,16H2,1H3/t8-/m0/s1. The number of hydrogen-bond donors (Lipinski definition) is 1. The first-order valence-corrected chi connectivity index (χ1v) is 6.06. The molecule has 2 rings (SSSR count). The van der Waals surface area contributed by atoms with Gasteiger partial charge in [-0.2, -0.15) is 8.78 Å². The molecule has 2 heterocycles. The normalized spacial score (nSPS) is 12.6. The van der Waals surface area contributed by atoms with Gasteiger partial charge in [-0.05, 0) is 35.7 Å². The minimum absolute atomic E-state index is 0.394. The van der Waals surface area contributed by atoms with Crippen LogP contribution in [-0.4, -0.2) is 16.0 Å². The second kappa shape index (κ2) is 5.82. The Labute approximate surface area is 119 Å². The number of halogens is 2. The smallest absolute Gasteiger partial charge is 0.212 e. The summed E-state index contributed by atoms with van der Waals surface area (Å²) < 4.78 is 26.0. The zero-order valence-corrected chi connectivity index (χ0v) is 11.1. The summed E-state index contributed by atoms with van der Waals surface area (Å²) in [7, 11) is 0. The molecule has 0 aliphatic carbocycles. The molecule has 0 saturated heterocycles. The van der Waals surface area contributed by atoms with E-state index in [-0.39, 0.29) is 0 Å². The Hall–Kier alpha value is -2.57. The van der Waals surface area contributed by atoms with E-state index in [9.17, 15) is 8.78 Å². The largest absolute Gasteiger partial charge is 0.327 e. The fourth-order valence-corrected chi connectivity index (χ4v) is 2.17. The molecule has 0 amide bonds. The third-order valence-electron chi connectivity index (χ3n) is 3.20. The minimum Gasteiger partial charge on any atom is -0.327 e. The van der Waals surface area contributed by atoms with E-state index in [0.717, 1.165) is 12.1 Å². The van der Waals surface area contributed by atoms with Crippen molar-refractivity contribution in [2.45, 2.75) is 18.5 Å². The van der Waals surface area contributed by atoms with Crippen LogP contribution in [-0.2, 0) is 5.54 Å². The Bertz CT molecular complexity index is 617. The van der Waals surface area contributed by atoms with Gasteiger partial charge in [-0.3, -0.25) is 0 Å². The molecule has 108 valence electrons. The van der Waals surface area contributed by atoms with Crippen molar-refractivity contribution in [2.75, 3.05) is 0 Å². The molecule has 2 N–H and O–H groups in total. The molecule has 0 aliphatic heterocycles. The Morgan fingerprint density at radius 2 is 1.62 bits per heavy atom. The second-order valence-corrected chi connectivity index (χ2v) is 4.48. The number of pyridine rings is 2. The van der Waals surface area contributed by atoms with E-state index >= 15 is 0 Å². The summed E-state index contributed by atoms with van der Waals surface area (Å²) >= 11 is 0. The van der Waals surface area contributed by atoms with Crippen LogP contribution in [0.4, 0.5) is 8.78 Å². The lowest BCUT2D eigenvalue weighted by Gasteiger charge is -2.33. The third kappa shape index (κ3) is 2.67. The third-order valence-corrected chi connectivity index (χ3v) is 3.20. The van der Waals surface area contributed by atoms with Crippen LogP contribution < -0.4 is 5.73 Å². The molecule has 0 fully saturated rings. The van der Waals surface area contributed by atoms with Gasteiger partial charge in [0.1, 0.15) is 5.54 Å². The summed E-state index contributed by atoms with van der Waals surface area (Å²) in [5, 5.41) is 3.79. The van der Waals surface area contributed by atoms with Crippen molar-refractivity contribution in [2.24, 2.45) is 10.8 Å². The molecule has 0 radical (unpaired) electrons. The van der Waals surface area contributed by atoms with Gasteiger partial charge in [0, 0.05) is 23.3 Å². The Morgan fingerprint density at radius 3 is 1.90 bits per heavy atom. The Morgan fingerprint density at radius 1 is 1.14 bits per heavy atom. The predicted molar refractivity (Wildman–Crippen MR) is 72.0 cm³/mol. The molecule has 0 aliphatic rings. The lowest BCUT2D eigenvalue weighted by molar-refractivity contribution is 0.437. The number of aromatic nitrogens is 2. The highest BCUT2D eigenvalue weighted by molar-refractivity contribution is 5.38. The van der Waals surface area contributed by atoms with Gasteiger partial charge in [0.15, 0.2) is 0 Å². The molecule has 2 aromatic heterocycles. The van der Waals surface area contributed by atoms with Crippen molar-refractivity contribution in [3.8, 4) is 0 Å². The SMILES string of the molecule is C[C@H](N)C(N=[N+]=[N-])(c1ccc(F)nc1)c1ccc(F)nc1. The topological polar surface area (TPSA) is 101 Å². The number of azide groups is 1. The van der Waals surface area contributed by atoms with Crippen LogP contribution in [0.1, 0.15) is 18.1 Å². The quantitative estimate of drug-likeness (QED) is 0.405. The molecule has 0 aromatic carbocycles. The molecule has 8 heteroatoms. The van der Waals surface area contributed by atoms with Crippen molar-refractivity contribution >= 4 is 0 Å². The van der Waals surface area contributed by atoms with Crippen molar-refractivity contribution < 1.29 is 8.78 Å². The molecule has 6 nitrogen and oxygen atoms in total. The lowest BCUT2D eigenvalue weighted by atomic mass is 9.80. The zero-order chi connectivity index (χ0) is 15.5. The number of nitrogens with two attached hydrogens (primary N) is 1. The van der Waals surface area contributed by atoms with Crippen molar-refractivity contribution in [1.29, 1.82) is 0 Å². The van der Waals surface area contributed by atoms with E-state index in [1.54, 1.807) is 6.92 Å². The fourth-order valence-electron chi connectivity index (χ4n) is 2.17. The fraction of sp³-hybridized carbons (Fsp3) is 0.231. The minimum atomic E-state index is -1.35. The highest BCUT2D eigenvalue weighted by atomic mass is 19.1. The maximum Gasteiger partial charge on any atom is 0.212 e. The molecule has 0 spiro atoms. The molecule has 21 heavy (non-hydrogen) atoms. The highest BCUT2D eigenvalue weighted by Gasteiger charge is 2.38. The predicted octanol–water partition coefficient (Wildman–Crippen LogP) is 2.66. The maximum absolute atomic E-state index is 13.0. The van der Waals surface area contributed by atoms with Crippen molar-refractivity contribution in [3.05, 3.63) is 70.1 Å². The van der Waals surface area contributed by atoms with Crippen LogP contribution in [0.15, 0.2) is 41.8 Å². The summed E-state index contributed by atoms with van der Waals surface area (Å²) in [5.41, 5.74) is 14.3. The molecular weight excluding hydrogens is 278 g/mol. The van der Waals surface area contributed by atoms with Gasteiger partial charge in [-0.1, -0.05) is 17.2 Å². The Kier molecular flexibility index (Phi) is 4.11. The van der Waals surface area contributed by atoms with E-state index in [1.165, 1.54) is 24.5 Å². The highest BCUT2D eigenvalue weighted by Crippen LogP contribution is 2.36. The van der Waals surface area contributed by atoms with Gasteiger partial charge < -0.3 is 5.73 Å². The number of nitrogens with zero attached hydrogens (tertiary/aromatic N) is 5. The van der Waals surface area contributed by atoms with Crippen LogP contribution in [0, 0.1) is 11.9 Å². The monoisotopic (exact) mass is 290 g/mol. The lowest BCUT2D eigenvalue weighted by Crippen LogP contribution is -2.43. The van der Waals surface area contributed by atoms with Crippen LogP contribution in [0.25, 0.3) is 10.4 Å². The van der Waals surface area contributed by atoms with E-state index in [1.807, 2.05) is 0 Å². The van der Waals surface area contributed by atoms with Gasteiger partial charge >= 0.3 is 0 Å². The Balaban J connectivity index is 2.71. The summed E-state index contributed by atoms with van der Waals surface area (Å²) in [6, 6.07) is 4.44. The molecule has 0 bridgehead atoms. The van der Waals surface area contributed by atoms with Gasteiger partial charge in [0.05, 0.1) is 0 Å². The number of rotatable bonds is 4. The second-order valence-electron chi connectivity index (χ2n) is 4.48. The van der Waals surface area contributed by atoms with E-state index < -0.39 is 23.5 Å². The molecule has 0 saturated carbocycles. The van der Waals surface area contributed by atoms with Crippen molar-refractivity contribution in [3.63, 3.8) is 0 Å². The maximum atomic E-state index is 13.0. The van der Waals surface area contributed by atoms with Gasteiger partial charge in [-0.15, -0.1) is 0 Å². The molecule has 1 atom stereocenters. The van der Waals surface area contributed by atoms with Crippen LogP contribution in [0.2, 0.25) is 0 Å². The van der Waals surface area contributed by atoms with E-state index in [0.29, 0.717) is 11.1 Å². The summed E-state index contributed by atoms with van der Waals surface area (Å²) in [4.78, 5) is 9.93. The summed E-state index contributed by atoms with van der Waals surface area (Å²) in [6.45, 7) is 1.63. The summed E-state index contributed by atoms with van der Waals surface area (Å²) in [5.74, 6) is -1.34.